The zero-order chi connectivity index (χ0) is 15.5. The fourth-order valence-electron chi connectivity index (χ4n) is 2.88. The highest BCUT2D eigenvalue weighted by molar-refractivity contribution is 5.40. The molecule has 23 heavy (non-hydrogen) atoms. The van der Waals surface area contributed by atoms with Crippen LogP contribution in [0.2, 0.25) is 0 Å². The van der Waals surface area contributed by atoms with Gasteiger partial charge in [-0.3, -0.25) is 4.57 Å². The van der Waals surface area contributed by atoms with E-state index in [9.17, 15) is 0 Å². The largest absolute Gasteiger partial charge is 0.493 e. The SMILES string of the molecule is c1cnc(-n2ccnc2)c(CNCc2ccc3c(c2)CCO3)c1. The van der Waals surface area contributed by atoms with Crippen molar-refractivity contribution in [3.63, 3.8) is 0 Å². The molecule has 0 saturated heterocycles. The summed E-state index contributed by atoms with van der Waals surface area (Å²) in [4.78, 5) is 8.55. The number of hydrogen-bond acceptors (Lipinski definition) is 4. The minimum atomic E-state index is 0.759. The maximum Gasteiger partial charge on any atom is 0.142 e. The third-order valence-electron chi connectivity index (χ3n) is 4.01. The minimum absolute atomic E-state index is 0.759. The molecular weight excluding hydrogens is 288 g/mol. The first-order valence-corrected chi connectivity index (χ1v) is 7.78. The summed E-state index contributed by atoms with van der Waals surface area (Å²) in [5.74, 6) is 1.95. The van der Waals surface area contributed by atoms with Crippen molar-refractivity contribution >= 4 is 0 Å². The number of rotatable bonds is 5. The van der Waals surface area contributed by atoms with Crippen LogP contribution in [0.4, 0.5) is 0 Å². The summed E-state index contributed by atoms with van der Waals surface area (Å²) in [5.41, 5.74) is 3.74. The number of hydrogen-bond donors (Lipinski definition) is 1. The van der Waals surface area contributed by atoms with E-state index in [-0.39, 0.29) is 0 Å². The van der Waals surface area contributed by atoms with Crippen molar-refractivity contribution in [2.24, 2.45) is 0 Å². The van der Waals surface area contributed by atoms with Gasteiger partial charge in [0.25, 0.3) is 0 Å². The lowest BCUT2D eigenvalue weighted by molar-refractivity contribution is 0.357. The van der Waals surface area contributed by atoms with Gasteiger partial charge in [0, 0.05) is 43.7 Å². The summed E-state index contributed by atoms with van der Waals surface area (Å²) in [6.45, 7) is 2.39. The number of nitrogens with zero attached hydrogens (tertiary/aromatic N) is 3. The molecule has 0 atom stereocenters. The molecule has 0 saturated carbocycles. The van der Waals surface area contributed by atoms with Gasteiger partial charge >= 0.3 is 0 Å². The molecule has 1 N–H and O–H groups in total. The molecule has 0 spiro atoms. The summed E-state index contributed by atoms with van der Waals surface area (Å²) in [6.07, 6.45) is 8.26. The average Bonchev–Trinajstić information content (AvgIpc) is 3.26. The highest BCUT2D eigenvalue weighted by Crippen LogP contribution is 2.25. The Bertz CT molecular complexity index is 799. The normalized spacial score (nSPS) is 12.9. The number of aromatic nitrogens is 3. The van der Waals surface area contributed by atoms with Crippen LogP contribution < -0.4 is 10.1 Å². The van der Waals surface area contributed by atoms with Gasteiger partial charge in [-0.05, 0) is 23.3 Å². The van der Waals surface area contributed by atoms with Gasteiger partial charge in [-0.15, -0.1) is 0 Å². The monoisotopic (exact) mass is 306 g/mol. The van der Waals surface area contributed by atoms with Crippen LogP contribution in [-0.4, -0.2) is 21.1 Å². The molecule has 0 fully saturated rings. The predicted octanol–water partition coefficient (Wildman–Crippen LogP) is 2.49. The van der Waals surface area contributed by atoms with Gasteiger partial charge in [-0.2, -0.15) is 0 Å². The van der Waals surface area contributed by atoms with Crippen LogP contribution in [0.15, 0.2) is 55.2 Å². The van der Waals surface area contributed by atoms with Gasteiger partial charge in [0.2, 0.25) is 0 Å². The first-order chi connectivity index (χ1) is 11.4. The second-order valence-electron chi connectivity index (χ2n) is 5.60. The lowest BCUT2D eigenvalue weighted by atomic mass is 10.1. The first-order valence-electron chi connectivity index (χ1n) is 7.78. The molecule has 2 aromatic heterocycles. The molecule has 0 radical (unpaired) electrons. The Morgan fingerprint density at radius 2 is 2.17 bits per heavy atom. The van der Waals surface area contributed by atoms with E-state index in [0.29, 0.717) is 0 Å². The number of nitrogens with one attached hydrogen (secondary N) is 1. The Balaban J connectivity index is 1.44. The van der Waals surface area contributed by atoms with Gasteiger partial charge in [0.1, 0.15) is 17.9 Å². The zero-order valence-electron chi connectivity index (χ0n) is 12.8. The molecule has 0 bridgehead atoms. The van der Waals surface area contributed by atoms with Crippen LogP contribution >= 0.6 is 0 Å². The smallest absolute Gasteiger partial charge is 0.142 e. The molecule has 0 unspecified atom stereocenters. The lowest BCUT2D eigenvalue weighted by Gasteiger charge is -2.10. The highest BCUT2D eigenvalue weighted by Gasteiger charge is 2.12. The van der Waals surface area contributed by atoms with Crippen LogP contribution in [0, 0.1) is 0 Å². The van der Waals surface area contributed by atoms with E-state index in [2.05, 4.69) is 39.6 Å². The summed E-state index contributed by atoms with van der Waals surface area (Å²) in [6, 6.07) is 10.5. The summed E-state index contributed by atoms with van der Waals surface area (Å²) in [7, 11) is 0. The number of ether oxygens (including phenoxy) is 1. The Morgan fingerprint density at radius 1 is 1.17 bits per heavy atom. The summed E-state index contributed by atoms with van der Waals surface area (Å²) < 4.78 is 7.48. The maximum absolute atomic E-state index is 5.55. The fourth-order valence-corrected chi connectivity index (χ4v) is 2.88. The molecule has 1 aliphatic heterocycles. The van der Waals surface area contributed by atoms with Gasteiger partial charge in [-0.1, -0.05) is 18.2 Å². The topological polar surface area (TPSA) is 52.0 Å². The standard InChI is InChI=1S/C18H18N4O/c1-2-16(18(21-6-1)22-8-7-19-13-22)12-20-11-14-3-4-17-15(10-14)5-9-23-17/h1-4,6-8,10,13,20H,5,9,11-12H2. The second-order valence-corrected chi connectivity index (χ2v) is 5.60. The minimum Gasteiger partial charge on any atom is -0.493 e. The molecule has 1 aliphatic rings. The second kappa shape index (κ2) is 6.22. The van der Waals surface area contributed by atoms with Crippen molar-refractivity contribution < 1.29 is 4.74 Å². The van der Waals surface area contributed by atoms with Crippen LogP contribution in [0.25, 0.3) is 5.82 Å². The molecule has 5 nitrogen and oxygen atoms in total. The van der Waals surface area contributed by atoms with Crippen LogP contribution in [0.3, 0.4) is 0 Å². The zero-order valence-corrected chi connectivity index (χ0v) is 12.8. The summed E-state index contributed by atoms with van der Waals surface area (Å²) >= 11 is 0. The Hall–Kier alpha value is -2.66. The number of benzene rings is 1. The van der Waals surface area contributed by atoms with Crippen molar-refractivity contribution in [2.75, 3.05) is 6.61 Å². The van der Waals surface area contributed by atoms with E-state index in [1.807, 2.05) is 16.8 Å². The van der Waals surface area contributed by atoms with E-state index in [1.165, 1.54) is 11.1 Å². The van der Waals surface area contributed by atoms with Crippen molar-refractivity contribution in [1.82, 2.24) is 19.9 Å². The van der Waals surface area contributed by atoms with Crippen molar-refractivity contribution in [3.05, 3.63) is 71.9 Å². The third-order valence-corrected chi connectivity index (χ3v) is 4.01. The quantitative estimate of drug-likeness (QED) is 0.787. The molecule has 3 aromatic rings. The van der Waals surface area contributed by atoms with E-state index in [0.717, 1.165) is 43.2 Å². The Morgan fingerprint density at radius 3 is 3.09 bits per heavy atom. The number of pyridine rings is 1. The molecule has 116 valence electrons. The molecule has 0 aliphatic carbocycles. The van der Waals surface area contributed by atoms with E-state index < -0.39 is 0 Å². The van der Waals surface area contributed by atoms with Crippen molar-refractivity contribution in [3.8, 4) is 11.6 Å². The number of imidazole rings is 1. The molecule has 1 aromatic carbocycles. The molecule has 5 heteroatoms. The number of fused-ring (bicyclic) bond motifs is 1. The van der Waals surface area contributed by atoms with Crippen molar-refractivity contribution in [2.45, 2.75) is 19.5 Å². The van der Waals surface area contributed by atoms with E-state index in [1.54, 1.807) is 18.7 Å². The van der Waals surface area contributed by atoms with E-state index >= 15 is 0 Å². The van der Waals surface area contributed by atoms with E-state index in [4.69, 9.17) is 4.74 Å². The lowest BCUT2D eigenvalue weighted by Crippen LogP contribution is -2.15. The van der Waals surface area contributed by atoms with Crippen LogP contribution in [0.5, 0.6) is 5.75 Å². The fraction of sp³-hybridized carbons (Fsp3) is 0.222. The van der Waals surface area contributed by atoms with Crippen molar-refractivity contribution in [1.29, 1.82) is 0 Å². The average molecular weight is 306 g/mol. The Kier molecular flexibility index (Phi) is 3.78. The van der Waals surface area contributed by atoms with Gasteiger partial charge in [0.05, 0.1) is 6.61 Å². The predicted molar refractivity (Wildman–Crippen MR) is 87.5 cm³/mol. The molecule has 4 rings (SSSR count). The summed E-state index contributed by atoms with van der Waals surface area (Å²) in [5, 5.41) is 3.50. The third kappa shape index (κ3) is 2.96. The van der Waals surface area contributed by atoms with Crippen LogP contribution in [0.1, 0.15) is 16.7 Å². The molecular formula is C18H18N4O. The van der Waals surface area contributed by atoms with Gasteiger partial charge in [0.15, 0.2) is 0 Å². The first kappa shape index (κ1) is 14.0. The molecule has 3 heterocycles. The Labute approximate surface area is 135 Å². The maximum atomic E-state index is 5.55. The van der Waals surface area contributed by atoms with Crippen LogP contribution in [-0.2, 0) is 19.5 Å². The van der Waals surface area contributed by atoms with Gasteiger partial charge < -0.3 is 10.1 Å². The molecule has 0 amide bonds. The highest BCUT2D eigenvalue weighted by atomic mass is 16.5. The van der Waals surface area contributed by atoms with Gasteiger partial charge in [-0.25, -0.2) is 9.97 Å².